The molecule has 25 heavy (non-hydrogen) atoms. The smallest absolute Gasteiger partial charge is 0.240 e. The minimum absolute atomic E-state index is 0.0296. The van der Waals surface area contributed by atoms with Crippen LogP contribution in [0.25, 0.3) is 0 Å². The first-order chi connectivity index (χ1) is 12.0. The van der Waals surface area contributed by atoms with Gasteiger partial charge in [-0.15, -0.1) is 0 Å². The van der Waals surface area contributed by atoms with E-state index in [2.05, 4.69) is 4.72 Å². The molecule has 0 bridgehead atoms. The molecule has 1 aromatic carbocycles. The highest BCUT2D eigenvalue weighted by Gasteiger charge is 2.18. The van der Waals surface area contributed by atoms with Crippen LogP contribution in [0, 0.1) is 5.82 Å². The Hall–Kier alpha value is -1.48. The number of aliphatic hydroxyl groups is 1. The zero-order chi connectivity index (χ0) is 18.3. The van der Waals surface area contributed by atoms with Gasteiger partial charge in [-0.3, -0.25) is 0 Å². The van der Waals surface area contributed by atoms with Crippen LogP contribution in [0.5, 0.6) is 5.75 Å². The predicted octanol–water partition coefficient (Wildman–Crippen LogP) is 3.12. The Balaban J connectivity index is 2.00. The van der Waals surface area contributed by atoms with Crippen molar-refractivity contribution in [2.24, 2.45) is 0 Å². The Morgan fingerprint density at radius 3 is 2.72 bits per heavy atom. The van der Waals surface area contributed by atoms with Crippen LogP contribution < -0.4 is 9.46 Å². The van der Waals surface area contributed by atoms with E-state index in [0.717, 1.165) is 11.6 Å². The van der Waals surface area contributed by atoms with E-state index in [-0.39, 0.29) is 29.7 Å². The van der Waals surface area contributed by atoms with Gasteiger partial charge in [0.2, 0.25) is 10.0 Å². The maximum absolute atomic E-state index is 13.9. The summed E-state index contributed by atoms with van der Waals surface area (Å²) in [4.78, 5) is -0.136. The number of aliphatic hydroxyl groups excluding tert-OH is 1. The Labute approximate surface area is 151 Å². The van der Waals surface area contributed by atoms with Crippen molar-refractivity contribution in [3.05, 3.63) is 46.4 Å². The molecule has 0 aliphatic heterocycles. The van der Waals surface area contributed by atoms with Crippen molar-refractivity contribution in [2.75, 3.05) is 19.8 Å². The third-order valence-electron chi connectivity index (χ3n) is 3.79. The number of halogens is 1. The number of sulfonamides is 1. The van der Waals surface area contributed by atoms with Crippen molar-refractivity contribution in [3.63, 3.8) is 0 Å². The molecule has 0 saturated carbocycles. The van der Waals surface area contributed by atoms with Crippen molar-refractivity contribution < 1.29 is 22.7 Å². The first kappa shape index (κ1) is 19.8. The number of nitrogens with one attached hydrogen (secondary N) is 1. The topological polar surface area (TPSA) is 75.6 Å². The molecule has 8 heteroatoms. The first-order valence-electron chi connectivity index (χ1n) is 8.03. The van der Waals surface area contributed by atoms with E-state index >= 15 is 0 Å². The molecule has 0 saturated heterocycles. The SMILES string of the molecule is CCOc1ccc(S(=O)(=O)NCC[C@H](CCO)c2ccsc2)cc1F. The second-order valence-corrected chi connectivity index (χ2v) is 8.02. The Morgan fingerprint density at radius 1 is 1.32 bits per heavy atom. The largest absolute Gasteiger partial charge is 0.491 e. The molecule has 1 heterocycles. The van der Waals surface area contributed by atoms with Crippen LogP contribution >= 0.6 is 11.3 Å². The van der Waals surface area contributed by atoms with Crippen molar-refractivity contribution in [1.29, 1.82) is 0 Å². The minimum atomic E-state index is -3.80. The van der Waals surface area contributed by atoms with E-state index in [1.165, 1.54) is 12.1 Å². The highest BCUT2D eigenvalue weighted by atomic mass is 32.2. The lowest BCUT2D eigenvalue weighted by molar-refractivity contribution is 0.273. The second-order valence-electron chi connectivity index (χ2n) is 5.48. The summed E-state index contributed by atoms with van der Waals surface area (Å²) < 4.78 is 46.1. The summed E-state index contributed by atoms with van der Waals surface area (Å²) in [6.07, 6.45) is 1.12. The normalized spacial score (nSPS) is 12.9. The van der Waals surface area contributed by atoms with E-state index in [9.17, 15) is 17.9 Å². The lowest BCUT2D eigenvalue weighted by Crippen LogP contribution is -2.26. The van der Waals surface area contributed by atoms with Gasteiger partial charge in [-0.05, 0) is 66.3 Å². The minimum Gasteiger partial charge on any atom is -0.491 e. The van der Waals surface area contributed by atoms with E-state index < -0.39 is 15.8 Å². The summed E-state index contributed by atoms with van der Waals surface area (Å²) in [5.41, 5.74) is 1.09. The van der Waals surface area contributed by atoms with Crippen LogP contribution in [-0.4, -0.2) is 33.3 Å². The van der Waals surface area contributed by atoms with Gasteiger partial charge in [-0.25, -0.2) is 17.5 Å². The average Bonchev–Trinajstić information content (AvgIpc) is 3.10. The van der Waals surface area contributed by atoms with Crippen LogP contribution in [0.4, 0.5) is 4.39 Å². The molecule has 0 aliphatic rings. The van der Waals surface area contributed by atoms with Crippen molar-refractivity contribution in [2.45, 2.75) is 30.6 Å². The number of hydrogen-bond acceptors (Lipinski definition) is 5. The van der Waals surface area contributed by atoms with Gasteiger partial charge in [-0.1, -0.05) is 0 Å². The predicted molar refractivity (Wildman–Crippen MR) is 96.1 cm³/mol. The summed E-state index contributed by atoms with van der Waals surface area (Å²) in [6, 6.07) is 5.56. The molecule has 0 unspecified atom stereocenters. The molecule has 2 N–H and O–H groups in total. The fourth-order valence-corrected chi connectivity index (χ4v) is 4.31. The van der Waals surface area contributed by atoms with Crippen molar-refractivity contribution in [3.8, 4) is 5.75 Å². The Kier molecular flexibility index (Phi) is 7.37. The van der Waals surface area contributed by atoms with Crippen LogP contribution in [-0.2, 0) is 10.0 Å². The molecule has 138 valence electrons. The van der Waals surface area contributed by atoms with Crippen molar-refractivity contribution >= 4 is 21.4 Å². The van der Waals surface area contributed by atoms with Crippen LogP contribution in [0.15, 0.2) is 39.9 Å². The number of benzene rings is 1. The molecule has 0 amide bonds. The summed E-state index contributed by atoms with van der Waals surface area (Å²) in [5, 5.41) is 13.1. The van der Waals surface area contributed by atoms with Gasteiger partial charge in [-0.2, -0.15) is 11.3 Å². The third kappa shape index (κ3) is 5.50. The number of hydrogen-bond donors (Lipinski definition) is 2. The van der Waals surface area contributed by atoms with Crippen molar-refractivity contribution in [1.82, 2.24) is 4.72 Å². The first-order valence-corrected chi connectivity index (χ1v) is 10.5. The third-order valence-corrected chi connectivity index (χ3v) is 5.95. The molecular formula is C17H22FNO4S2. The highest BCUT2D eigenvalue weighted by molar-refractivity contribution is 7.89. The summed E-state index contributed by atoms with van der Waals surface area (Å²) in [6.45, 7) is 2.27. The fourth-order valence-electron chi connectivity index (χ4n) is 2.51. The molecule has 0 fully saturated rings. The van der Waals surface area contributed by atoms with Crippen LogP contribution in [0.1, 0.15) is 31.2 Å². The van der Waals surface area contributed by atoms with E-state index in [1.807, 2.05) is 16.8 Å². The van der Waals surface area contributed by atoms with E-state index in [1.54, 1.807) is 18.3 Å². The molecule has 1 atom stereocenters. The van der Waals surface area contributed by atoms with Gasteiger partial charge in [0.25, 0.3) is 0 Å². The van der Waals surface area contributed by atoms with E-state index in [4.69, 9.17) is 4.74 Å². The molecule has 0 aliphatic carbocycles. The standard InChI is InChI=1S/C17H22FNO4S2/c1-2-23-17-4-3-15(11-16(17)18)25(21,22)19-8-5-13(6-9-20)14-7-10-24-12-14/h3-4,7,10-13,19-20H,2,5-6,8-9H2,1H3/t13-/m1/s1. The van der Waals surface area contributed by atoms with Gasteiger partial charge in [0.15, 0.2) is 11.6 Å². The quantitative estimate of drug-likeness (QED) is 0.657. The van der Waals surface area contributed by atoms with Gasteiger partial charge >= 0.3 is 0 Å². The fraction of sp³-hybridized carbons (Fsp3) is 0.412. The second kappa shape index (κ2) is 9.28. The molecule has 5 nitrogen and oxygen atoms in total. The molecule has 2 rings (SSSR count). The summed E-state index contributed by atoms with van der Waals surface area (Å²) in [7, 11) is -3.80. The van der Waals surface area contributed by atoms with Gasteiger partial charge < -0.3 is 9.84 Å². The molecule has 0 radical (unpaired) electrons. The summed E-state index contributed by atoms with van der Waals surface area (Å²) >= 11 is 1.56. The Bertz CT molecular complexity index is 763. The van der Waals surface area contributed by atoms with Gasteiger partial charge in [0.1, 0.15) is 0 Å². The average molecular weight is 387 g/mol. The Morgan fingerprint density at radius 2 is 2.12 bits per heavy atom. The number of ether oxygens (including phenoxy) is 1. The highest BCUT2D eigenvalue weighted by Crippen LogP contribution is 2.25. The molecule has 0 spiro atoms. The maximum atomic E-state index is 13.9. The van der Waals surface area contributed by atoms with Gasteiger partial charge in [0, 0.05) is 13.2 Å². The number of thiophene rings is 1. The summed E-state index contributed by atoms with van der Waals surface area (Å²) in [5.74, 6) is -0.598. The van der Waals surface area contributed by atoms with Crippen LogP contribution in [0.3, 0.4) is 0 Å². The van der Waals surface area contributed by atoms with Gasteiger partial charge in [0.05, 0.1) is 11.5 Å². The monoisotopic (exact) mass is 387 g/mol. The zero-order valence-corrected chi connectivity index (χ0v) is 15.6. The molecular weight excluding hydrogens is 365 g/mol. The maximum Gasteiger partial charge on any atom is 0.240 e. The zero-order valence-electron chi connectivity index (χ0n) is 13.9. The molecule has 1 aromatic heterocycles. The molecule has 2 aromatic rings. The lowest BCUT2D eigenvalue weighted by atomic mass is 9.95. The number of rotatable bonds is 10. The lowest BCUT2D eigenvalue weighted by Gasteiger charge is -2.15. The van der Waals surface area contributed by atoms with Crippen LogP contribution in [0.2, 0.25) is 0 Å². The van der Waals surface area contributed by atoms with E-state index in [0.29, 0.717) is 19.4 Å².